The highest BCUT2D eigenvalue weighted by molar-refractivity contribution is 6.33. The minimum atomic E-state index is -1.72. The van der Waals surface area contributed by atoms with Crippen molar-refractivity contribution >= 4 is 11.8 Å². The van der Waals surface area contributed by atoms with Crippen LogP contribution in [0.3, 0.4) is 0 Å². The fraction of sp³-hybridized carbons (Fsp3) is 0.125. The molecule has 0 atom stereocenters. The predicted octanol–water partition coefficient (Wildman–Crippen LogP) is 0.556. The molecule has 0 aliphatic heterocycles. The van der Waals surface area contributed by atoms with Crippen molar-refractivity contribution in [3.63, 3.8) is 0 Å². The second-order valence-electron chi connectivity index (χ2n) is 2.49. The summed E-state index contributed by atoms with van der Waals surface area (Å²) in [6, 6.07) is 0. The summed E-state index contributed by atoms with van der Waals surface area (Å²) >= 11 is 0. The number of aromatic nitrogens is 1. The third-order valence-corrected chi connectivity index (χ3v) is 1.53. The number of hydrogen-bond acceptors (Lipinski definition) is 3. The summed E-state index contributed by atoms with van der Waals surface area (Å²) in [6.07, 6.45) is 0.622. The lowest BCUT2D eigenvalue weighted by Crippen LogP contribution is -2.16. The average Bonchev–Trinajstić information content (AvgIpc) is 2.11. The Labute approximate surface area is 77.2 Å². The maximum atomic E-state index is 12.8. The third kappa shape index (κ3) is 2.09. The molecule has 0 bridgehead atoms. The number of Topliss-reactive ketones (excluding diaryl/α,β-unsaturated/α-hetero) is 1. The molecule has 1 rings (SSSR count). The van der Waals surface area contributed by atoms with E-state index in [4.69, 9.17) is 5.11 Å². The van der Waals surface area contributed by atoms with Gasteiger partial charge in [-0.15, -0.1) is 0 Å². The molecule has 0 aromatic carbocycles. The Balaban J connectivity index is 2.97. The number of hydrogen-bond donors (Lipinski definition) is 1. The molecule has 14 heavy (non-hydrogen) atoms. The van der Waals surface area contributed by atoms with Crippen LogP contribution in [0, 0.1) is 11.6 Å². The van der Waals surface area contributed by atoms with Gasteiger partial charge < -0.3 is 5.11 Å². The first-order chi connectivity index (χ1) is 6.52. The maximum Gasteiger partial charge on any atom is 0.372 e. The van der Waals surface area contributed by atoms with Crippen LogP contribution in [-0.2, 0) is 16.0 Å². The fourth-order valence-electron chi connectivity index (χ4n) is 0.843. The van der Waals surface area contributed by atoms with Crippen molar-refractivity contribution in [2.75, 3.05) is 0 Å². The molecule has 0 fully saturated rings. The fourth-order valence-corrected chi connectivity index (χ4v) is 0.843. The van der Waals surface area contributed by atoms with Gasteiger partial charge in [-0.05, 0) is 0 Å². The molecule has 4 nitrogen and oxygen atoms in total. The molecule has 0 spiro atoms. The standard InChI is InChI=1S/C8H5F2NO3/c9-5-2-11-3-6(10)4(5)1-7(12)8(13)14/h2-3H,1H2,(H,13,14). The van der Waals surface area contributed by atoms with E-state index in [-0.39, 0.29) is 0 Å². The molecule has 0 aliphatic carbocycles. The molecule has 6 heteroatoms. The molecule has 0 amide bonds. The molecule has 0 radical (unpaired) electrons. The van der Waals surface area contributed by atoms with E-state index in [1.807, 2.05) is 0 Å². The van der Waals surface area contributed by atoms with E-state index >= 15 is 0 Å². The van der Waals surface area contributed by atoms with Crippen LogP contribution in [0.2, 0.25) is 0 Å². The van der Waals surface area contributed by atoms with Gasteiger partial charge in [0.2, 0.25) is 5.78 Å². The number of ketones is 1. The SMILES string of the molecule is O=C(O)C(=O)Cc1c(F)cncc1F. The number of nitrogens with zero attached hydrogens (tertiary/aromatic N) is 1. The molecule has 0 aliphatic rings. The van der Waals surface area contributed by atoms with E-state index in [1.54, 1.807) is 0 Å². The van der Waals surface area contributed by atoms with E-state index in [9.17, 15) is 18.4 Å². The molecule has 0 saturated heterocycles. The van der Waals surface area contributed by atoms with Gasteiger partial charge >= 0.3 is 5.97 Å². The highest BCUT2D eigenvalue weighted by Crippen LogP contribution is 2.11. The van der Waals surface area contributed by atoms with Gasteiger partial charge in [-0.2, -0.15) is 0 Å². The second-order valence-corrected chi connectivity index (χ2v) is 2.49. The van der Waals surface area contributed by atoms with Gasteiger partial charge in [-0.25, -0.2) is 13.6 Å². The first kappa shape index (κ1) is 10.2. The maximum absolute atomic E-state index is 12.8. The van der Waals surface area contributed by atoms with Crippen molar-refractivity contribution in [1.82, 2.24) is 4.98 Å². The number of pyridine rings is 1. The lowest BCUT2D eigenvalue weighted by molar-refractivity contribution is -0.148. The molecular formula is C8H5F2NO3. The van der Waals surface area contributed by atoms with E-state index in [0.29, 0.717) is 12.4 Å². The van der Waals surface area contributed by atoms with Gasteiger partial charge in [0.15, 0.2) is 0 Å². The summed E-state index contributed by atoms with van der Waals surface area (Å²) in [6.45, 7) is 0. The number of carboxylic acids is 1. The highest BCUT2D eigenvalue weighted by atomic mass is 19.1. The minimum Gasteiger partial charge on any atom is -0.475 e. The van der Waals surface area contributed by atoms with E-state index < -0.39 is 35.4 Å². The summed E-state index contributed by atoms with van der Waals surface area (Å²) in [7, 11) is 0. The van der Waals surface area contributed by atoms with Crippen LogP contribution in [0.15, 0.2) is 12.4 Å². The molecule has 1 aromatic rings. The van der Waals surface area contributed by atoms with Gasteiger partial charge in [0.05, 0.1) is 12.4 Å². The van der Waals surface area contributed by atoms with Crippen molar-refractivity contribution < 1.29 is 23.5 Å². The Morgan fingerprint density at radius 2 is 1.79 bits per heavy atom. The number of carboxylic acid groups (broad SMARTS) is 1. The van der Waals surface area contributed by atoms with Crippen LogP contribution < -0.4 is 0 Å². The first-order valence-electron chi connectivity index (χ1n) is 3.56. The summed E-state index contributed by atoms with van der Waals surface area (Å²) in [5.74, 6) is -5.05. The van der Waals surface area contributed by atoms with Crippen LogP contribution in [0.25, 0.3) is 0 Å². The molecule has 1 N–H and O–H groups in total. The molecule has 74 valence electrons. The quantitative estimate of drug-likeness (QED) is 0.725. The van der Waals surface area contributed by atoms with E-state index in [1.165, 1.54) is 0 Å². The average molecular weight is 201 g/mol. The Morgan fingerprint density at radius 3 is 2.21 bits per heavy atom. The van der Waals surface area contributed by atoms with Crippen LogP contribution >= 0.6 is 0 Å². The van der Waals surface area contributed by atoms with E-state index in [0.717, 1.165) is 0 Å². The van der Waals surface area contributed by atoms with Gasteiger partial charge in [0.1, 0.15) is 11.6 Å². The number of rotatable bonds is 3. The zero-order chi connectivity index (χ0) is 10.7. The number of carbonyl (C=O) groups excluding carboxylic acids is 1. The zero-order valence-electron chi connectivity index (χ0n) is 6.83. The third-order valence-electron chi connectivity index (χ3n) is 1.53. The predicted molar refractivity (Wildman–Crippen MR) is 40.5 cm³/mol. The summed E-state index contributed by atoms with van der Waals surface area (Å²) in [5.41, 5.74) is -0.576. The summed E-state index contributed by atoms with van der Waals surface area (Å²) < 4.78 is 25.7. The van der Waals surface area contributed by atoms with Gasteiger partial charge in [-0.1, -0.05) is 0 Å². The molecule has 1 heterocycles. The van der Waals surface area contributed by atoms with Crippen molar-refractivity contribution in [2.45, 2.75) is 6.42 Å². The number of carbonyl (C=O) groups is 2. The topological polar surface area (TPSA) is 67.3 Å². The molecule has 0 unspecified atom stereocenters. The monoisotopic (exact) mass is 201 g/mol. The Hall–Kier alpha value is -1.85. The smallest absolute Gasteiger partial charge is 0.372 e. The lowest BCUT2D eigenvalue weighted by atomic mass is 10.1. The van der Waals surface area contributed by atoms with Crippen molar-refractivity contribution in [3.05, 3.63) is 29.6 Å². The van der Waals surface area contributed by atoms with Gasteiger partial charge in [0, 0.05) is 12.0 Å². The second kappa shape index (κ2) is 3.91. The van der Waals surface area contributed by atoms with Crippen LogP contribution in [0.5, 0.6) is 0 Å². The summed E-state index contributed by atoms with van der Waals surface area (Å²) in [5, 5.41) is 8.22. The highest BCUT2D eigenvalue weighted by Gasteiger charge is 2.18. The van der Waals surface area contributed by atoms with Crippen molar-refractivity contribution in [2.24, 2.45) is 0 Å². The lowest BCUT2D eigenvalue weighted by Gasteiger charge is -2.00. The Kier molecular flexibility index (Phi) is 2.85. The molecule has 1 aromatic heterocycles. The Bertz CT molecular complexity index is 372. The largest absolute Gasteiger partial charge is 0.475 e. The molecule has 0 saturated carbocycles. The molecular weight excluding hydrogens is 196 g/mol. The number of aliphatic carboxylic acids is 1. The van der Waals surface area contributed by atoms with Gasteiger partial charge in [-0.3, -0.25) is 9.78 Å². The van der Waals surface area contributed by atoms with Crippen LogP contribution in [0.4, 0.5) is 8.78 Å². The van der Waals surface area contributed by atoms with Crippen LogP contribution in [0.1, 0.15) is 5.56 Å². The van der Waals surface area contributed by atoms with E-state index in [2.05, 4.69) is 4.98 Å². The summed E-state index contributed by atoms with van der Waals surface area (Å²) in [4.78, 5) is 24.0. The Morgan fingerprint density at radius 1 is 1.29 bits per heavy atom. The minimum absolute atomic E-state index is 0.576. The normalized spacial score (nSPS) is 9.86. The van der Waals surface area contributed by atoms with Crippen LogP contribution in [-0.4, -0.2) is 21.8 Å². The first-order valence-corrected chi connectivity index (χ1v) is 3.56. The zero-order valence-corrected chi connectivity index (χ0v) is 6.83. The van der Waals surface area contributed by atoms with Crippen molar-refractivity contribution in [1.29, 1.82) is 0 Å². The number of halogens is 2. The van der Waals surface area contributed by atoms with Gasteiger partial charge in [0.25, 0.3) is 0 Å². The van der Waals surface area contributed by atoms with Crippen molar-refractivity contribution in [3.8, 4) is 0 Å².